The number of amides is 2. The normalized spacial score (nSPS) is 17.0. The van der Waals surface area contributed by atoms with Crippen molar-refractivity contribution >= 4 is 23.6 Å². The summed E-state index contributed by atoms with van der Waals surface area (Å²) in [6, 6.07) is 30.8. The average Bonchev–Trinajstić information content (AvgIpc) is 3.66. The fraction of sp³-hybridized carbons (Fsp3) is 0.325. The number of ether oxygens (including phenoxy) is 2. The number of hydrogen-bond acceptors (Lipinski definition) is 10. The minimum absolute atomic E-state index is 0.0158. The molecule has 1 saturated heterocycles. The van der Waals surface area contributed by atoms with Crippen molar-refractivity contribution < 1.29 is 29.3 Å². The van der Waals surface area contributed by atoms with Gasteiger partial charge in [-0.2, -0.15) is 4.68 Å². The minimum atomic E-state index is -0.619. The minimum Gasteiger partial charge on any atom is -0.508 e. The lowest BCUT2D eigenvalue weighted by Gasteiger charge is -2.36. The lowest BCUT2D eigenvalue weighted by Crippen LogP contribution is -2.31. The van der Waals surface area contributed by atoms with E-state index in [2.05, 4.69) is 44.4 Å². The van der Waals surface area contributed by atoms with E-state index in [0.717, 1.165) is 58.3 Å². The third-order valence-electron chi connectivity index (χ3n) is 8.94. The van der Waals surface area contributed by atoms with Gasteiger partial charge in [-0.25, -0.2) is 0 Å². The van der Waals surface area contributed by atoms with Crippen molar-refractivity contribution in [1.82, 2.24) is 30.8 Å². The molecule has 0 bridgehead atoms. The van der Waals surface area contributed by atoms with Crippen LogP contribution >= 0.6 is 11.8 Å². The molecule has 0 radical (unpaired) electrons. The summed E-state index contributed by atoms with van der Waals surface area (Å²) in [4.78, 5) is 23.4. The van der Waals surface area contributed by atoms with Gasteiger partial charge in [0, 0.05) is 44.2 Å². The number of nitrogens with one attached hydrogen (secondary N) is 2. The molecule has 4 aromatic carbocycles. The third kappa shape index (κ3) is 10.7. The zero-order chi connectivity index (χ0) is 37.0. The number of aliphatic hydroxyl groups excluding tert-OH is 1. The highest BCUT2D eigenvalue weighted by molar-refractivity contribution is 7.99. The van der Waals surface area contributed by atoms with Crippen molar-refractivity contribution in [1.29, 1.82) is 0 Å². The van der Waals surface area contributed by atoms with Gasteiger partial charge in [-0.1, -0.05) is 84.9 Å². The molecule has 1 aliphatic rings. The molecule has 13 heteroatoms. The molecule has 5 aromatic rings. The van der Waals surface area contributed by atoms with Gasteiger partial charge in [0.25, 0.3) is 0 Å². The predicted molar refractivity (Wildman–Crippen MR) is 201 cm³/mol. The number of aromatic nitrogens is 4. The number of carbonyl (C=O) groups excluding carboxylic acids is 2. The molecule has 1 aromatic heterocycles. The number of carbonyl (C=O) groups is 2. The maximum atomic E-state index is 12.4. The maximum absolute atomic E-state index is 12.4. The zero-order valence-corrected chi connectivity index (χ0v) is 30.4. The van der Waals surface area contributed by atoms with Crippen molar-refractivity contribution in [2.24, 2.45) is 0 Å². The summed E-state index contributed by atoms with van der Waals surface area (Å²) in [5.74, 6) is 0.721. The van der Waals surface area contributed by atoms with Gasteiger partial charge in [0.2, 0.25) is 17.0 Å². The molecule has 3 atom stereocenters. The number of hydrogen-bond donors (Lipinski definition) is 4. The number of tetrazole rings is 1. The van der Waals surface area contributed by atoms with E-state index in [4.69, 9.17) is 9.47 Å². The van der Waals surface area contributed by atoms with Crippen LogP contribution in [0.15, 0.2) is 102 Å². The number of aliphatic hydroxyl groups is 1. The van der Waals surface area contributed by atoms with E-state index in [1.54, 1.807) is 28.9 Å². The third-order valence-corrected chi connectivity index (χ3v) is 9.99. The van der Waals surface area contributed by atoms with Crippen LogP contribution in [0.1, 0.15) is 73.7 Å². The largest absolute Gasteiger partial charge is 0.508 e. The smallest absolute Gasteiger partial charge is 0.220 e. The standard InChI is InChI=1S/C40H44N6O6S/c1-27(48)41-21-4-2-3-8-38(50)42-24-29-6-5-7-33(22-29)30-13-15-32(16-14-30)39-51-36(23-37(52-39)31-11-9-28(25-47)10-12-31)26-53-40-43-44-45-46(40)34-17-19-35(49)20-18-34/h5-7,9-20,22,36-37,39,47,49H,2-4,8,21,23-26H2,1H3,(H,41,48)(H,42,50). The van der Waals surface area contributed by atoms with Gasteiger partial charge < -0.3 is 30.3 Å². The molecule has 0 spiro atoms. The van der Waals surface area contributed by atoms with Crippen molar-refractivity contribution in [3.63, 3.8) is 0 Å². The van der Waals surface area contributed by atoms with Crippen LogP contribution < -0.4 is 10.6 Å². The maximum Gasteiger partial charge on any atom is 0.220 e. The van der Waals surface area contributed by atoms with Crippen LogP contribution in [0.2, 0.25) is 0 Å². The van der Waals surface area contributed by atoms with Gasteiger partial charge in [-0.05, 0) is 81.4 Å². The Kier molecular flexibility index (Phi) is 13.2. The number of aromatic hydroxyl groups is 1. The SMILES string of the molecule is CC(=O)NCCCCCC(=O)NCc1cccc(-c2ccc(C3OC(CSc4nnnn4-c4ccc(O)cc4)CC(c4ccc(CO)cc4)O3)cc2)c1. The van der Waals surface area contributed by atoms with Gasteiger partial charge in [0.15, 0.2) is 6.29 Å². The highest BCUT2D eigenvalue weighted by atomic mass is 32.2. The molecule has 0 saturated carbocycles. The second-order valence-corrected chi connectivity index (χ2v) is 13.9. The molecule has 53 heavy (non-hydrogen) atoms. The quantitative estimate of drug-likeness (QED) is 0.0681. The first-order chi connectivity index (χ1) is 25.8. The van der Waals surface area contributed by atoms with Gasteiger partial charge in [0.05, 0.1) is 24.5 Å². The molecule has 1 aliphatic heterocycles. The van der Waals surface area contributed by atoms with E-state index in [1.165, 1.54) is 18.7 Å². The van der Waals surface area contributed by atoms with Crippen molar-refractivity contribution in [3.8, 4) is 22.6 Å². The molecule has 1 fully saturated rings. The Labute approximate surface area is 312 Å². The Hall–Kier alpha value is -5.08. The van der Waals surface area contributed by atoms with Crippen LogP contribution in [-0.2, 0) is 32.2 Å². The lowest BCUT2D eigenvalue weighted by molar-refractivity contribution is -0.245. The number of nitrogens with zero attached hydrogens (tertiary/aromatic N) is 4. The second kappa shape index (κ2) is 18.6. The van der Waals surface area contributed by atoms with Crippen LogP contribution in [-0.4, -0.2) is 60.6 Å². The monoisotopic (exact) mass is 736 g/mol. The number of thioether (sulfide) groups is 1. The Balaban J connectivity index is 1.09. The molecule has 3 unspecified atom stereocenters. The summed E-state index contributed by atoms with van der Waals surface area (Å²) in [5, 5.41) is 37.9. The topological polar surface area (TPSA) is 161 Å². The first-order valence-corrected chi connectivity index (χ1v) is 18.7. The summed E-state index contributed by atoms with van der Waals surface area (Å²) in [6.07, 6.45) is 2.55. The first-order valence-electron chi connectivity index (χ1n) is 17.8. The van der Waals surface area contributed by atoms with E-state index >= 15 is 0 Å². The first kappa shape index (κ1) is 37.7. The molecule has 276 valence electrons. The second-order valence-electron chi connectivity index (χ2n) is 12.9. The summed E-state index contributed by atoms with van der Waals surface area (Å²) < 4.78 is 14.7. The number of rotatable bonds is 16. The molecule has 2 amide bonds. The molecule has 4 N–H and O–H groups in total. The zero-order valence-electron chi connectivity index (χ0n) is 29.6. The van der Waals surface area contributed by atoms with E-state index in [0.29, 0.717) is 36.8 Å². The van der Waals surface area contributed by atoms with Crippen LogP contribution in [0, 0.1) is 0 Å². The van der Waals surface area contributed by atoms with Gasteiger partial charge in [-0.3, -0.25) is 9.59 Å². The Bertz CT molecular complexity index is 1940. The fourth-order valence-corrected chi connectivity index (χ4v) is 6.96. The van der Waals surface area contributed by atoms with Gasteiger partial charge in [-0.15, -0.1) is 5.10 Å². The number of phenolic OH excluding ortho intramolecular Hbond substituents is 1. The van der Waals surface area contributed by atoms with Crippen LogP contribution in [0.4, 0.5) is 0 Å². The van der Waals surface area contributed by atoms with Crippen LogP contribution in [0.25, 0.3) is 16.8 Å². The summed E-state index contributed by atoms with van der Waals surface area (Å²) in [6.45, 7) is 2.56. The van der Waals surface area contributed by atoms with E-state index in [-0.39, 0.29) is 36.4 Å². The summed E-state index contributed by atoms with van der Waals surface area (Å²) >= 11 is 1.49. The Morgan fingerprint density at radius 2 is 1.64 bits per heavy atom. The number of benzene rings is 4. The van der Waals surface area contributed by atoms with E-state index in [9.17, 15) is 19.8 Å². The van der Waals surface area contributed by atoms with Crippen molar-refractivity contribution in [2.45, 2.75) is 75.8 Å². The highest BCUT2D eigenvalue weighted by Crippen LogP contribution is 2.40. The highest BCUT2D eigenvalue weighted by Gasteiger charge is 2.32. The van der Waals surface area contributed by atoms with Crippen molar-refractivity contribution in [3.05, 3.63) is 119 Å². The molecular weight excluding hydrogens is 693 g/mol. The summed E-state index contributed by atoms with van der Waals surface area (Å²) in [5.41, 5.74) is 6.53. The van der Waals surface area contributed by atoms with E-state index in [1.807, 2.05) is 54.6 Å². The molecule has 2 heterocycles. The Morgan fingerprint density at radius 1 is 0.868 bits per heavy atom. The average molecular weight is 737 g/mol. The molecule has 12 nitrogen and oxygen atoms in total. The lowest BCUT2D eigenvalue weighted by atomic mass is 9.99. The number of phenols is 1. The van der Waals surface area contributed by atoms with E-state index < -0.39 is 6.29 Å². The fourth-order valence-electron chi connectivity index (χ4n) is 6.05. The summed E-state index contributed by atoms with van der Waals surface area (Å²) in [7, 11) is 0. The van der Waals surface area contributed by atoms with Crippen LogP contribution in [0.3, 0.4) is 0 Å². The van der Waals surface area contributed by atoms with Gasteiger partial charge >= 0.3 is 0 Å². The Morgan fingerprint density at radius 3 is 2.40 bits per heavy atom. The number of unbranched alkanes of at least 4 members (excludes halogenated alkanes) is 2. The molecule has 6 rings (SSSR count). The van der Waals surface area contributed by atoms with Crippen LogP contribution in [0.5, 0.6) is 5.75 Å². The molecular formula is C40H44N6O6S. The van der Waals surface area contributed by atoms with Crippen molar-refractivity contribution in [2.75, 3.05) is 12.3 Å². The predicted octanol–water partition coefficient (Wildman–Crippen LogP) is 6.18. The van der Waals surface area contributed by atoms with Gasteiger partial charge in [0.1, 0.15) is 5.75 Å². The molecule has 0 aliphatic carbocycles.